The number of nitrogens with zero attached hydrogens (tertiary/aromatic N) is 3. The van der Waals surface area contributed by atoms with Crippen LogP contribution in [-0.4, -0.2) is 74.8 Å². The van der Waals surface area contributed by atoms with Gasteiger partial charge in [-0.1, -0.05) is 24.3 Å². The van der Waals surface area contributed by atoms with Crippen LogP contribution in [0.5, 0.6) is 0 Å². The molecule has 3 heterocycles. The molecule has 1 atom stereocenters. The molecule has 1 unspecified atom stereocenters. The molecule has 0 saturated carbocycles. The van der Waals surface area contributed by atoms with Gasteiger partial charge in [0.15, 0.2) is 0 Å². The summed E-state index contributed by atoms with van der Waals surface area (Å²) in [7, 11) is 0. The summed E-state index contributed by atoms with van der Waals surface area (Å²) in [5, 5.41) is 22.1. The molecule has 0 radical (unpaired) electrons. The van der Waals surface area contributed by atoms with Crippen molar-refractivity contribution < 1.29 is 33.0 Å². The number of carboxylic acids is 1. The van der Waals surface area contributed by atoms with Crippen molar-refractivity contribution in [2.24, 2.45) is 0 Å². The first-order chi connectivity index (χ1) is 16.0. The minimum atomic E-state index is -5.08. The highest BCUT2D eigenvalue weighted by molar-refractivity contribution is 7.13. The van der Waals surface area contributed by atoms with Gasteiger partial charge < -0.3 is 15.1 Å². The maximum atomic E-state index is 13.1. The molecular formula is C23H22F3N3O4S. The number of carboxylic acid groups (broad SMARTS) is 1. The Morgan fingerprint density at radius 2 is 1.76 bits per heavy atom. The summed E-state index contributed by atoms with van der Waals surface area (Å²) in [6, 6.07) is 10.7. The average Bonchev–Trinajstić information content (AvgIpc) is 3.32. The molecule has 2 aromatic heterocycles. The van der Waals surface area contributed by atoms with Crippen molar-refractivity contribution >= 4 is 34.1 Å². The van der Waals surface area contributed by atoms with Crippen molar-refractivity contribution in [3.63, 3.8) is 0 Å². The van der Waals surface area contributed by atoms with Crippen LogP contribution in [-0.2, 0) is 11.3 Å². The van der Waals surface area contributed by atoms with Crippen LogP contribution in [0.1, 0.15) is 22.8 Å². The molecule has 1 fully saturated rings. The maximum absolute atomic E-state index is 13.1. The number of aromatic nitrogens is 1. The molecule has 34 heavy (non-hydrogen) atoms. The zero-order valence-electron chi connectivity index (χ0n) is 18.2. The van der Waals surface area contributed by atoms with E-state index in [0.717, 1.165) is 9.78 Å². The lowest BCUT2D eigenvalue weighted by molar-refractivity contribution is -0.250. The van der Waals surface area contributed by atoms with E-state index < -0.39 is 23.7 Å². The molecule has 1 aliphatic rings. The van der Waals surface area contributed by atoms with Gasteiger partial charge in [0.25, 0.3) is 5.91 Å². The lowest BCUT2D eigenvalue weighted by Gasteiger charge is -2.38. The molecule has 0 spiro atoms. The fraction of sp³-hybridized carbons (Fsp3) is 0.348. The summed E-state index contributed by atoms with van der Waals surface area (Å²) in [5.41, 5.74) is -1.72. The number of halogens is 3. The average molecular weight is 494 g/mol. The number of carbonyl (C=O) groups is 2. The fourth-order valence-electron chi connectivity index (χ4n) is 4.03. The third kappa shape index (κ3) is 4.38. The Balaban J connectivity index is 1.63. The number of hydrogen-bond acceptors (Lipinski definition) is 6. The normalized spacial score (nSPS) is 17.0. The van der Waals surface area contributed by atoms with E-state index in [1.54, 1.807) is 24.3 Å². The molecule has 3 aromatic rings. The number of alkyl halides is 3. The van der Waals surface area contributed by atoms with Crippen molar-refractivity contribution in [1.82, 2.24) is 14.8 Å². The first kappa shape index (κ1) is 24.1. The highest BCUT2D eigenvalue weighted by atomic mass is 32.1. The van der Waals surface area contributed by atoms with Crippen LogP contribution >= 0.6 is 11.3 Å². The first-order valence-electron chi connectivity index (χ1n) is 10.5. The Bertz CT molecular complexity index is 1220. The molecule has 11 heteroatoms. The molecule has 180 valence electrons. The Hall–Kier alpha value is -3.02. The zero-order valence-corrected chi connectivity index (χ0v) is 19.0. The number of rotatable bonds is 5. The highest BCUT2D eigenvalue weighted by Gasteiger charge is 2.57. The molecule has 2 N–H and O–H groups in total. The van der Waals surface area contributed by atoms with E-state index >= 15 is 0 Å². The van der Waals surface area contributed by atoms with E-state index in [1.807, 2.05) is 22.4 Å². The highest BCUT2D eigenvalue weighted by Crippen LogP contribution is 2.35. The lowest BCUT2D eigenvalue weighted by Crippen LogP contribution is -2.59. The molecule has 4 rings (SSSR count). The number of amides is 1. The van der Waals surface area contributed by atoms with Crippen LogP contribution < -0.4 is 0 Å². The number of thiophene rings is 1. The predicted molar refractivity (Wildman–Crippen MR) is 121 cm³/mol. The Labute approximate surface area is 197 Å². The van der Waals surface area contributed by atoms with Gasteiger partial charge in [0.05, 0.1) is 21.7 Å². The van der Waals surface area contributed by atoms with Crippen molar-refractivity contribution in [2.75, 3.05) is 26.2 Å². The number of piperazine rings is 1. The second kappa shape index (κ2) is 8.97. The van der Waals surface area contributed by atoms with E-state index in [2.05, 4.69) is 0 Å². The second-order valence-corrected chi connectivity index (χ2v) is 9.20. The van der Waals surface area contributed by atoms with Crippen molar-refractivity contribution in [1.29, 1.82) is 0 Å². The second-order valence-electron chi connectivity index (χ2n) is 8.25. The van der Waals surface area contributed by atoms with Gasteiger partial charge in [0.2, 0.25) is 5.60 Å². The standard InChI is InChI=1S/C23H22F3N3O4S/c1-22(33,23(24,25)26)21(32)29-10-8-28(9-11-29)13-15-18(20(30)31)14-5-2-3-6-16(14)27-19(15)17-7-4-12-34-17/h2-7,12,33H,8-11,13H2,1H3,(H,30,31). The van der Waals surface area contributed by atoms with Gasteiger partial charge in [-0.15, -0.1) is 11.3 Å². The number of fused-ring (bicyclic) bond motifs is 1. The molecule has 1 amide bonds. The molecular weight excluding hydrogens is 471 g/mol. The van der Waals surface area contributed by atoms with Gasteiger partial charge in [0.1, 0.15) is 0 Å². The van der Waals surface area contributed by atoms with Gasteiger partial charge >= 0.3 is 12.1 Å². The number of benzene rings is 1. The maximum Gasteiger partial charge on any atom is 0.426 e. The summed E-state index contributed by atoms with van der Waals surface area (Å²) in [6.45, 7) is 1.04. The lowest BCUT2D eigenvalue weighted by atomic mass is 9.98. The van der Waals surface area contributed by atoms with Crippen LogP contribution in [0.4, 0.5) is 13.2 Å². The molecule has 0 bridgehead atoms. The Morgan fingerprint density at radius 1 is 1.09 bits per heavy atom. The van der Waals surface area contributed by atoms with Crippen LogP contribution in [0.25, 0.3) is 21.5 Å². The number of para-hydroxylation sites is 1. The quantitative estimate of drug-likeness (QED) is 0.564. The Kier molecular flexibility index (Phi) is 6.36. The topological polar surface area (TPSA) is 94.0 Å². The van der Waals surface area contributed by atoms with Crippen molar-refractivity contribution in [3.05, 3.63) is 52.9 Å². The fourth-order valence-corrected chi connectivity index (χ4v) is 4.77. The summed E-state index contributed by atoms with van der Waals surface area (Å²) in [4.78, 5) is 33.0. The number of aliphatic hydroxyl groups is 1. The van der Waals surface area contributed by atoms with E-state index in [9.17, 15) is 33.0 Å². The van der Waals surface area contributed by atoms with Gasteiger partial charge in [-0.3, -0.25) is 9.69 Å². The predicted octanol–water partition coefficient (Wildman–Crippen LogP) is 3.62. The van der Waals surface area contributed by atoms with Crippen molar-refractivity contribution in [3.8, 4) is 10.6 Å². The molecule has 0 aliphatic carbocycles. The van der Waals surface area contributed by atoms with E-state index in [-0.39, 0.29) is 38.3 Å². The molecule has 1 saturated heterocycles. The monoisotopic (exact) mass is 493 g/mol. The van der Waals surface area contributed by atoms with Gasteiger partial charge in [-0.25, -0.2) is 9.78 Å². The minimum Gasteiger partial charge on any atom is -0.478 e. The SMILES string of the molecule is CC(O)(C(=O)N1CCN(Cc2c(-c3cccs3)nc3ccccc3c2C(=O)O)CC1)C(F)(F)F. The zero-order chi connectivity index (χ0) is 24.7. The molecule has 1 aromatic carbocycles. The third-order valence-corrected chi connectivity index (χ3v) is 6.85. The molecule has 7 nitrogen and oxygen atoms in total. The smallest absolute Gasteiger partial charge is 0.426 e. The number of pyridine rings is 1. The van der Waals surface area contributed by atoms with Crippen LogP contribution in [0.2, 0.25) is 0 Å². The van der Waals surface area contributed by atoms with Gasteiger partial charge in [-0.05, 0) is 24.4 Å². The number of carbonyl (C=O) groups excluding carboxylic acids is 1. The van der Waals surface area contributed by atoms with Crippen molar-refractivity contribution in [2.45, 2.75) is 25.2 Å². The van der Waals surface area contributed by atoms with Gasteiger partial charge in [0, 0.05) is 43.7 Å². The summed E-state index contributed by atoms with van der Waals surface area (Å²) < 4.78 is 39.2. The van der Waals surface area contributed by atoms with Crippen LogP contribution in [0.3, 0.4) is 0 Å². The van der Waals surface area contributed by atoms with E-state index in [0.29, 0.717) is 29.1 Å². The number of aromatic carboxylic acids is 1. The minimum absolute atomic E-state index is 0.0250. The van der Waals surface area contributed by atoms with E-state index in [4.69, 9.17) is 4.98 Å². The molecule has 1 aliphatic heterocycles. The summed E-state index contributed by atoms with van der Waals surface area (Å²) in [5.74, 6) is -2.49. The third-order valence-electron chi connectivity index (χ3n) is 5.97. The van der Waals surface area contributed by atoms with Crippen LogP contribution in [0.15, 0.2) is 41.8 Å². The summed E-state index contributed by atoms with van der Waals surface area (Å²) in [6.07, 6.45) is -5.08. The summed E-state index contributed by atoms with van der Waals surface area (Å²) >= 11 is 1.43. The first-order valence-corrected chi connectivity index (χ1v) is 11.4. The largest absolute Gasteiger partial charge is 0.478 e. The number of hydrogen-bond donors (Lipinski definition) is 2. The van der Waals surface area contributed by atoms with Crippen LogP contribution in [0, 0.1) is 0 Å². The Morgan fingerprint density at radius 3 is 2.35 bits per heavy atom. The van der Waals surface area contributed by atoms with E-state index in [1.165, 1.54) is 11.3 Å². The van der Waals surface area contributed by atoms with Gasteiger partial charge in [-0.2, -0.15) is 13.2 Å².